The van der Waals surface area contributed by atoms with Crippen LogP contribution in [-0.2, 0) is 20.7 Å². The Labute approximate surface area is 271 Å². The summed E-state index contributed by atoms with van der Waals surface area (Å²) in [5.74, 6) is -0.640. The number of aliphatic carboxylic acids is 1. The molecule has 1 amide bonds. The first-order valence-corrected chi connectivity index (χ1v) is 15.1. The number of hydrogen-bond donors (Lipinski definition) is 2. The predicted molar refractivity (Wildman–Crippen MR) is 174 cm³/mol. The molecule has 6 rings (SSSR count). The van der Waals surface area contributed by atoms with Crippen LogP contribution in [-0.4, -0.2) is 63.2 Å². The third-order valence-electron chi connectivity index (χ3n) is 7.96. The van der Waals surface area contributed by atoms with Crippen molar-refractivity contribution in [1.82, 2.24) is 19.9 Å². The summed E-state index contributed by atoms with van der Waals surface area (Å²) in [7, 11) is 1.51. The topological polar surface area (TPSA) is 142 Å². The van der Waals surface area contributed by atoms with Gasteiger partial charge in [0.2, 0.25) is 0 Å². The second kappa shape index (κ2) is 12.6. The summed E-state index contributed by atoms with van der Waals surface area (Å²) in [6, 6.07) is 19.8. The van der Waals surface area contributed by atoms with Gasteiger partial charge in [-0.3, -0.25) is 4.57 Å². The van der Waals surface area contributed by atoms with E-state index in [9.17, 15) is 19.5 Å². The molecule has 240 valence electrons. The number of amides is 1. The molecule has 2 aromatic heterocycles. The molecule has 3 aromatic carbocycles. The number of methoxy groups -OCH3 is 1. The number of carbonyl (C=O) groups excluding carboxylic acids is 2. The number of nitrogens with zero attached hydrogens (tertiary/aromatic N) is 3. The van der Waals surface area contributed by atoms with E-state index in [1.165, 1.54) is 30.3 Å². The molecule has 11 nitrogen and oxygen atoms in total. The maximum absolute atomic E-state index is 13.4. The maximum Gasteiger partial charge on any atom is 0.419 e. The summed E-state index contributed by atoms with van der Waals surface area (Å²) >= 11 is 0. The zero-order valence-corrected chi connectivity index (χ0v) is 26.4. The van der Waals surface area contributed by atoms with Crippen molar-refractivity contribution in [2.24, 2.45) is 0 Å². The molecular weight excluding hydrogens is 600 g/mol. The molecule has 0 unspecified atom stereocenters. The summed E-state index contributed by atoms with van der Waals surface area (Å²) in [6.45, 7) is 5.30. The van der Waals surface area contributed by atoms with Crippen LogP contribution in [0.25, 0.3) is 33.4 Å². The van der Waals surface area contributed by atoms with Crippen LogP contribution in [0.3, 0.4) is 0 Å². The molecule has 0 radical (unpaired) electrons. The molecule has 2 heterocycles. The molecule has 0 saturated heterocycles. The maximum atomic E-state index is 13.4. The molecule has 0 fully saturated rings. The van der Waals surface area contributed by atoms with Gasteiger partial charge in [-0.05, 0) is 54.7 Å². The summed E-state index contributed by atoms with van der Waals surface area (Å²) in [5.41, 5.74) is 4.92. The van der Waals surface area contributed by atoms with Crippen LogP contribution in [0.4, 0.5) is 9.59 Å². The lowest BCUT2D eigenvalue weighted by Gasteiger charge is -2.20. The molecule has 1 atom stereocenters. The van der Waals surface area contributed by atoms with Gasteiger partial charge in [-0.15, -0.1) is 0 Å². The second-order valence-corrected chi connectivity index (χ2v) is 12.2. The van der Waals surface area contributed by atoms with Crippen molar-refractivity contribution in [2.45, 2.75) is 44.8 Å². The molecule has 1 aliphatic rings. The van der Waals surface area contributed by atoms with E-state index in [-0.39, 0.29) is 18.9 Å². The van der Waals surface area contributed by atoms with Crippen LogP contribution in [0.2, 0.25) is 0 Å². The van der Waals surface area contributed by atoms with E-state index in [2.05, 4.69) is 15.3 Å². The predicted octanol–water partition coefficient (Wildman–Crippen LogP) is 6.42. The number of carboxylic acid groups (broad SMARTS) is 1. The van der Waals surface area contributed by atoms with Crippen molar-refractivity contribution >= 4 is 29.1 Å². The van der Waals surface area contributed by atoms with Crippen LogP contribution >= 0.6 is 0 Å². The number of aromatic nitrogens is 3. The Balaban J connectivity index is 1.27. The zero-order valence-electron chi connectivity index (χ0n) is 26.4. The van der Waals surface area contributed by atoms with Crippen LogP contribution in [0, 0.1) is 0 Å². The van der Waals surface area contributed by atoms with Crippen molar-refractivity contribution in [2.75, 3.05) is 13.7 Å². The highest BCUT2D eigenvalue weighted by Gasteiger charge is 2.31. The minimum absolute atomic E-state index is 0.0371. The largest absolute Gasteiger partial charge is 0.494 e. The third-order valence-corrected chi connectivity index (χ3v) is 7.96. The Morgan fingerprint density at radius 2 is 1.53 bits per heavy atom. The number of nitrogens with one attached hydrogen (secondary N) is 1. The summed E-state index contributed by atoms with van der Waals surface area (Å²) in [4.78, 5) is 47.7. The third kappa shape index (κ3) is 6.37. The number of benzene rings is 3. The van der Waals surface area contributed by atoms with Crippen LogP contribution < -0.4 is 10.1 Å². The number of rotatable bonds is 8. The molecule has 5 aromatic rings. The summed E-state index contributed by atoms with van der Waals surface area (Å²) in [5, 5.41) is 13.2. The van der Waals surface area contributed by atoms with Gasteiger partial charge in [-0.1, -0.05) is 60.7 Å². The summed E-state index contributed by atoms with van der Waals surface area (Å²) < 4.78 is 17.8. The van der Waals surface area contributed by atoms with E-state index in [1.54, 1.807) is 39.0 Å². The van der Waals surface area contributed by atoms with Crippen molar-refractivity contribution in [3.63, 3.8) is 0 Å². The highest BCUT2D eigenvalue weighted by atomic mass is 16.6. The molecule has 1 aliphatic carbocycles. The number of alkyl carbamates (subject to hydrolysis) is 1. The lowest BCUT2D eigenvalue weighted by molar-refractivity contribution is -0.139. The lowest BCUT2D eigenvalue weighted by Crippen LogP contribution is -2.42. The lowest BCUT2D eigenvalue weighted by atomic mass is 9.98. The highest BCUT2D eigenvalue weighted by Crippen LogP contribution is 2.44. The van der Waals surface area contributed by atoms with E-state index in [1.807, 2.05) is 48.5 Å². The summed E-state index contributed by atoms with van der Waals surface area (Å²) in [6.07, 6.45) is 2.90. The SMILES string of the molecule is COc1cnc(-c2cccc3c(C[C@H](NC(=O)OCC4c5ccccc5-c5ccccc54)C(=O)O)cn(C(=O)OC(C)(C)C)c23)nc1. The Morgan fingerprint density at radius 3 is 2.13 bits per heavy atom. The molecule has 2 N–H and O–H groups in total. The standard InChI is InChI=1S/C36H34N4O7/c1-36(2,3)47-35(44)40-19-21(23-14-9-15-28(31(23)40)32-37-17-22(45-4)18-38-32)16-30(33(41)42)39-34(43)46-20-29-26-12-7-5-10-24(26)25-11-6-8-13-27(25)29/h5-15,17-19,29-30H,16,20H2,1-4H3,(H,39,43)(H,41,42)/t30-/m0/s1. The molecule has 0 aliphatic heterocycles. The van der Waals surface area contributed by atoms with Gasteiger partial charge in [-0.25, -0.2) is 24.4 Å². The fraction of sp³-hybridized carbons (Fsp3) is 0.250. The molecule has 0 spiro atoms. The van der Waals surface area contributed by atoms with Crippen molar-refractivity contribution in [3.8, 4) is 28.3 Å². The van der Waals surface area contributed by atoms with Crippen LogP contribution in [0.15, 0.2) is 85.3 Å². The van der Waals surface area contributed by atoms with Gasteiger partial charge in [-0.2, -0.15) is 0 Å². The van der Waals surface area contributed by atoms with E-state index >= 15 is 0 Å². The Morgan fingerprint density at radius 1 is 0.915 bits per heavy atom. The van der Waals surface area contributed by atoms with E-state index in [0.717, 1.165) is 22.3 Å². The monoisotopic (exact) mass is 634 g/mol. The fourth-order valence-electron chi connectivity index (χ4n) is 5.91. The number of carbonyl (C=O) groups is 3. The first-order valence-electron chi connectivity index (χ1n) is 15.1. The molecular formula is C36H34N4O7. The minimum Gasteiger partial charge on any atom is -0.494 e. The Kier molecular flexibility index (Phi) is 8.38. The Hall–Kier alpha value is -5.71. The normalized spacial score (nSPS) is 13.0. The average molecular weight is 635 g/mol. The first-order chi connectivity index (χ1) is 22.5. The first kappa shape index (κ1) is 31.3. The van der Waals surface area contributed by atoms with E-state index in [0.29, 0.717) is 33.6 Å². The quantitative estimate of drug-likeness (QED) is 0.198. The van der Waals surface area contributed by atoms with Gasteiger partial charge in [0.25, 0.3) is 0 Å². The van der Waals surface area contributed by atoms with Gasteiger partial charge in [0, 0.05) is 29.5 Å². The second-order valence-electron chi connectivity index (χ2n) is 12.2. The van der Waals surface area contributed by atoms with Gasteiger partial charge in [0.05, 0.1) is 25.0 Å². The smallest absolute Gasteiger partial charge is 0.419 e. The average Bonchev–Trinajstić information content (AvgIpc) is 3.58. The van der Waals surface area contributed by atoms with Gasteiger partial charge in [0.15, 0.2) is 11.6 Å². The van der Waals surface area contributed by atoms with Crippen molar-refractivity contribution in [1.29, 1.82) is 0 Å². The van der Waals surface area contributed by atoms with Gasteiger partial charge >= 0.3 is 18.2 Å². The van der Waals surface area contributed by atoms with E-state index in [4.69, 9.17) is 14.2 Å². The zero-order chi connectivity index (χ0) is 33.3. The molecule has 0 bridgehead atoms. The van der Waals surface area contributed by atoms with E-state index < -0.39 is 29.8 Å². The van der Waals surface area contributed by atoms with Gasteiger partial charge < -0.3 is 24.6 Å². The highest BCUT2D eigenvalue weighted by molar-refractivity contribution is 6.00. The van der Waals surface area contributed by atoms with Crippen molar-refractivity contribution < 1.29 is 33.7 Å². The number of para-hydroxylation sites is 1. The fourth-order valence-corrected chi connectivity index (χ4v) is 5.91. The minimum atomic E-state index is -1.36. The number of fused-ring (bicyclic) bond motifs is 4. The van der Waals surface area contributed by atoms with Crippen molar-refractivity contribution in [3.05, 3.63) is 102 Å². The van der Waals surface area contributed by atoms with Crippen LogP contribution in [0.5, 0.6) is 5.75 Å². The molecule has 0 saturated carbocycles. The number of hydrogen-bond acceptors (Lipinski definition) is 8. The van der Waals surface area contributed by atoms with Crippen LogP contribution in [0.1, 0.15) is 43.4 Å². The molecule has 11 heteroatoms. The number of carboxylic acids is 1. The Bertz CT molecular complexity index is 1930. The molecule has 47 heavy (non-hydrogen) atoms. The van der Waals surface area contributed by atoms with Gasteiger partial charge in [0.1, 0.15) is 18.2 Å². The number of ether oxygens (including phenoxy) is 3.